The zero-order chi connectivity index (χ0) is 5.54. The van der Waals surface area contributed by atoms with Crippen LogP contribution in [0.1, 0.15) is 6.92 Å². The second-order valence-corrected chi connectivity index (χ2v) is 0.890. The van der Waals surface area contributed by atoms with E-state index >= 15 is 0 Å². The maximum Gasteiger partial charge on any atom is 0.143 e. The highest BCUT2D eigenvalue weighted by molar-refractivity contribution is 5.65. The molecule has 0 aliphatic rings. The Bertz CT molecular complexity index is 123. The van der Waals surface area contributed by atoms with Crippen LogP contribution in [-0.4, -0.2) is 6.29 Å². The van der Waals surface area contributed by atoms with Crippen molar-refractivity contribution in [2.24, 2.45) is 0 Å². The van der Waals surface area contributed by atoms with Crippen LogP contribution in [0, 0.1) is 11.8 Å². The van der Waals surface area contributed by atoms with Crippen molar-refractivity contribution in [3.05, 3.63) is 12.2 Å². The maximum absolute atomic E-state index is 9.53. The van der Waals surface area contributed by atoms with Crippen molar-refractivity contribution in [3.63, 3.8) is 0 Å². The third kappa shape index (κ3) is 4.97. The smallest absolute Gasteiger partial charge is 0.143 e. The van der Waals surface area contributed by atoms with Crippen LogP contribution in [0.2, 0.25) is 0 Å². The lowest BCUT2D eigenvalue weighted by atomic mass is 10.5. The molecule has 7 heavy (non-hydrogen) atoms. The fourth-order valence-electron chi connectivity index (χ4n) is 0.171. The van der Waals surface area contributed by atoms with Gasteiger partial charge in [-0.1, -0.05) is 5.92 Å². The van der Waals surface area contributed by atoms with E-state index in [-0.39, 0.29) is 0 Å². The molecule has 0 aromatic rings. The molecule has 0 rings (SSSR count). The van der Waals surface area contributed by atoms with Gasteiger partial charge >= 0.3 is 0 Å². The van der Waals surface area contributed by atoms with Crippen molar-refractivity contribution in [2.75, 3.05) is 0 Å². The van der Waals surface area contributed by atoms with Crippen LogP contribution in [-0.2, 0) is 4.79 Å². The van der Waals surface area contributed by atoms with E-state index in [4.69, 9.17) is 0 Å². The minimum absolute atomic E-state index is 0.699. The van der Waals surface area contributed by atoms with Gasteiger partial charge in [-0.2, -0.15) is 0 Å². The highest BCUT2D eigenvalue weighted by atomic mass is 16.1. The van der Waals surface area contributed by atoms with Crippen LogP contribution in [0.15, 0.2) is 12.2 Å². The van der Waals surface area contributed by atoms with Crippen molar-refractivity contribution < 1.29 is 4.79 Å². The first-order chi connectivity index (χ1) is 3.41. The summed E-state index contributed by atoms with van der Waals surface area (Å²) in [5, 5.41) is 0. The highest BCUT2D eigenvalue weighted by Gasteiger charge is 1.54. The molecule has 1 heteroatoms. The van der Waals surface area contributed by atoms with E-state index in [9.17, 15) is 4.79 Å². The second kappa shape index (κ2) is 4.97. The van der Waals surface area contributed by atoms with Gasteiger partial charge in [0, 0.05) is 0 Å². The van der Waals surface area contributed by atoms with Crippen molar-refractivity contribution >= 4 is 6.29 Å². The predicted molar refractivity (Wildman–Crippen MR) is 28.7 cm³/mol. The Kier molecular flexibility index (Phi) is 4.24. The van der Waals surface area contributed by atoms with Gasteiger partial charge in [0.1, 0.15) is 6.29 Å². The lowest BCUT2D eigenvalue weighted by Gasteiger charge is -1.56. The Hall–Kier alpha value is -1.03. The molecule has 36 valence electrons. The Labute approximate surface area is 43.0 Å². The molecule has 0 radical (unpaired) electrons. The molecular formula is C6H6O. The van der Waals surface area contributed by atoms with Crippen LogP contribution in [0.25, 0.3) is 0 Å². The first kappa shape index (κ1) is 5.97. The molecular weight excluding hydrogens is 88.1 g/mol. The first-order valence-corrected chi connectivity index (χ1v) is 1.94. The molecule has 0 aliphatic carbocycles. The number of rotatable bonds is 1. The van der Waals surface area contributed by atoms with E-state index < -0.39 is 0 Å². The molecule has 0 aliphatic heterocycles. The molecule has 0 saturated carbocycles. The predicted octanol–water partition coefficient (Wildman–Crippen LogP) is 0.765. The lowest BCUT2D eigenvalue weighted by molar-refractivity contribution is -0.104. The van der Waals surface area contributed by atoms with Crippen LogP contribution >= 0.6 is 0 Å². The number of carbonyl (C=O) groups excluding carboxylic acids is 1. The summed E-state index contributed by atoms with van der Waals surface area (Å²) in [6, 6.07) is 0. The average Bonchev–Trinajstić information content (AvgIpc) is 1.69. The number of hydrogen-bond acceptors (Lipinski definition) is 1. The SMILES string of the molecule is CC#C/C=C/C=O. The van der Waals surface area contributed by atoms with Crippen LogP contribution < -0.4 is 0 Å². The van der Waals surface area contributed by atoms with E-state index in [2.05, 4.69) is 11.8 Å². The molecule has 0 heterocycles. The highest BCUT2D eigenvalue weighted by Crippen LogP contribution is 1.60. The molecule has 1 nitrogen and oxygen atoms in total. The number of allylic oxidation sites excluding steroid dienone is 2. The average molecular weight is 94.1 g/mol. The van der Waals surface area contributed by atoms with Gasteiger partial charge in [-0.05, 0) is 19.1 Å². The summed E-state index contributed by atoms with van der Waals surface area (Å²) < 4.78 is 0. The summed E-state index contributed by atoms with van der Waals surface area (Å²) in [6.07, 6.45) is 3.56. The fraction of sp³-hybridized carbons (Fsp3) is 0.167. The molecule has 0 aromatic carbocycles. The minimum atomic E-state index is 0.699. The molecule has 0 unspecified atom stereocenters. The molecule has 0 bridgehead atoms. The molecule has 0 amide bonds. The van der Waals surface area contributed by atoms with Gasteiger partial charge in [0.25, 0.3) is 0 Å². The molecule has 0 saturated heterocycles. The Morgan fingerprint density at radius 1 is 1.57 bits per heavy atom. The summed E-state index contributed by atoms with van der Waals surface area (Å²) in [5.41, 5.74) is 0. The van der Waals surface area contributed by atoms with Gasteiger partial charge < -0.3 is 0 Å². The summed E-state index contributed by atoms with van der Waals surface area (Å²) in [4.78, 5) is 9.53. The number of carbonyl (C=O) groups is 1. The van der Waals surface area contributed by atoms with E-state index in [1.807, 2.05) is 0 Å². The van der Waals surface area contributed by atoms with Crippen LogP contribution in [0.4, 0.5) is 0 Å². The summed E-state index contributed by atoms with van der Waals surface area (Å²) >= 11 is 0. The van der Waals surface area contributed by atoms with E-state index in [0.717, 1.165) is 0 Å². The van der Waals surface area contributed by atoms with E-state index in [0.29, 0.717) is 6.29 Å². The quantitative estimate of drug-likeness (QED) is 0.266. The maximum atomic E-state index is 9.53. The topological polar surface area (TPSA) is 17.1 Å². The molecule has 0 spiro atoms. The van der Waals surface area contributed by atoms with Gasteiger partial charge in [-0.3, -0.25) is 4.79 Å². The standard InChI is InChI=1S/C6H6O/c1-2-3-4-5-6-7/h4-6H,1H3/b5-4+. The minimum Gasteiger partial charge on any atom is -0.299 e. The summed E-state index contributed by atoms with van der Waals surface area (Å²) in [5.74, 6) is 5.19. The number of hydrogen-bond donors (Lipinski definition) is 0. The van der Waals surface area contributed by atoms with Crippen molar-refractivity contribution in [1.82, 2.24) is 0 Å². The Morgan fingerprint density at radius 2 is 2.29 bits per heavy atom. The third-order valence-electron chi connectivity index (χ3n) is 0.402. The summed E-state index contributed by atoms with van der Waals surface area (Å²) in [7, 11) is 0. The zero-order valence-electron chi connectivity index (χ0n) is 4.14. The van der Waals surface area contributed by atoms with Crippen molar-refractivity contribution in [3.8, 4) is 11.8 Å². The van der Waals surface area contributed by atoms with Gasteiger partial charge in [-0.25, -0.2) is 0 Å². The molecule has 0 N–H and O–H groups in total. The third-order valence-corrected chi connectivity index (χ3v) is 0.402. The van der Waals surface area contributed by atoms with Crippen LogP contribution in [0.3, 0.4) is 0 Å². The molecule has 0 atom stereocenters. The zero-order valence-corrected chi connectivity index (χ0v) is 4.14. The Balaban J connectivity index is 3.40. The van der Waals surface area contributed by atoms with E-state index in [1.54, 1.807) is 6.92 Å². The molecule has 0 fully saturated rings. The van der Waals surface area contributed by atoms with Gasteiger partial charge in [-0.15, -0.1) is 5.92 Å². The second-order valence-electron chi connectivity index (χ2n) is 0.890. The number of aldehydes is 1. The fourth-order valence-corrected chi connectivity index (χ4v) is 0.171. The monoisotopic (exact) mass is 94.0 g/mol. The van der Waals surface area contributed by atoms with Crippen molar-refractivity contribution in [1.29, 1.82) is 0 Å². The summed E-state index contributed by atoms with van der Waals surface area (Å²) in [6.45, 7) is 1.72. The lowest BCUT2D eigenvalue weighted by Crippen LogP contribution is -1.54. The van der Waals surface area contributed by atoms with Gasteiger partial charge in [0.15, 0.2) is 0 Å². The molecule has 0 aromatic heterocycles. The van der Waals surface area contributed by atoms with Gasteiger partial charge in [0.2, 0.25) is 0 Å². The largest absolute Gasteiger partial charge is 0.299 e. The first-order valence-electron chi connectivity index (χ1n) is 1.94. The normalized spacial score (nSPS) is 7.57. The van der Waals surface area contributed by atoms with Crippen molar-refractivity contribution in [2.45, 2.75) is 6.92 Å². The van der Waals surface area contributed by atoms with E-state index in [1.165, 1.54) is 12.2 Å². The Morgan fingerprint density at radius 3 is 2.71 bits per heavy atom. The van der Waals surface area contributed by atoms with Gasteiger partial charge in [0.05, 0.1) is 0 Å². The van der Waals surface area contributed by atoms with Crippen LogP contribution in [0.5, 0.6) is 0 Å².